The normalized spacial score (nSPS) is 16.0. The Morgan fingerprint density at radius 3 is 2.39 bits per heavy atom. The first-order valence-corrected chi connectivity index (χ1v) is 12.5. The zero-order chi connectivity index (χ0) is 23.2. The van der Waals surface area contributed by atoms with Gasteiger partial charge >= 0.3 is 0 Å². The molecular formula is C23H23F2N5O2S. The van der Waals surface area contributed by atoms with Gasteiger partial charge in [0.2, 0.25) is 10.0 Å². The number of aromatic nitrogens is 3. The van der Waals surface area contributed by atoms with Gasteiger partial charge < -0.3 is 5.32 Å². The van der Waals surface area contributed by atoms with Crippen LogP contribution in [0.15, 0.2) is 42.5 Å². The van der Waals surface area contributed by atoms with E-state index in [4.69, 9.17) is 0 Å². The first-order valence-electron chi connectivity index (χ1n) is 10.8. The van der Waals surface area contributed by atoms with Crippen LogP contribution in [0.2, 0.25) is 0 Å². The van der Waals surface area contributed by atoms with E-state index in [0.717, 1.165) is 5.39 Å². The van der Waals surface area contributed by atoms with E-state index in [9.17, 15) is 17.2 Å². The Bertz CT molecular complexity index is 1430. The van der Waals surface area contributed by atoms with Gasteiger partial charge in [-0.15, -0.1) is 0 Å². The molecule has 3 heterocycles. The molecule has 0 saturated carbocycles. The number of hydrogen-bond donors (Lipinski definition) is 2. The lowest BCUT2D eigenvalue weighted by molar-refractivity contribution is 0.330. The van der Waals surface area contributed by atoms with Crippen LogP contribution in [0.1, 0.15) is 19.8 Å². The van der Waals surface area contributed by atoms with Crippen molar-refractivity contribution in [2.45, 2.75) is 25.8 Å². The molecule has 0 spiro atoms. The average molecular weight is 472 g/mol. The average Bonchev–Trinajstić information content (AvgIpc) is 3.22. The molecule has 1 saturated heterocycles. The number of nitrogens with zero attached hydrogens (tertiary/aromatic N) is 3. The van der Waals surface area contributed by atoms with Crippen molar-refractivity contribution < 1.29 is 17.2 Å². The lowest BCUT2D eigenvalue weighted by Crippen LogP contribution is -2.43. The minimum absolute atomic E-state index is 0.00160. The zero-order valence-electron chi connectivity index (χ0n) is 18.0. The number of halogens is 2. The summed E-state index contributed by atoms with van der Waals surface area (Å²) in [6.07, 6.45) is 1.24. The molecule has 0 radical (unpaired) electrons. The third-order valence-corrected chi connectivity index (χ3v) is 8.05. The minimum atomic E-state index is -3.21. The summed E-state index contributed by atoms with van der Waals surface area (Å²) in [6, 6.07) is 11.0. The molecule has 2 aromatic heterocycles. The maximum absolute atomic E-state index is 14.7. The molecular weight excluding hydrogens is 448 g/mol. The van der Waals surface area contributed by atoms with Crippen LogP contribution in [0, 0.1) is 11.6 Å². The molecule has 0 amide bonds. The first kappa shape index (κ1) is 21.7. The summed E-state index contributed by atoms with van der Waals surface area (Å²) in [5, 5.41) is 12.1. The molecule has 2 N–H and O–H groups in total. The van der Waals surface area contributed by atoms with Gasteiger partial charge in [0.25, 0.3) is 0 Å². The van der Waals surface area contributed by atoms with Gasteiger partial charge in [0.05, 0.1) is 22.5 Å². The number of anilines is 1. The molecule has 2 aromatic carbocycles. The van der Waals surface area contributed by atoms with Crippen molar-refractivity contribution in [3.63, 3.8) is 0 Å². The van der Waals surface area contributed by atoms with E-state index in [-0.39, 0.29) is 23.1 Å². The second-order valence-electron chi connectivity index (χ2n) is 8.12. The predicted octanol–water partition coefficient (Wildman–Crippen LogP) is 4.28. The molecule has 1 aliphatic rings. The number of hydrogen-bond acceptors (Lipinski definition) is 5. The Kier molecular flexibility index (Phi) is 5.49. The van der Waals surface area contributed by atoms with Crippen LogP contribution >= 0.6 is 0 Å². The third-order valence-electron chi connectivity index (χ3n) is 6.17. The van der Waals surface area contributed by atoms with Gasteiger partial charge in [0, 0.05) is 29.9 Å². The molecule has 5 rings (SSSR count). The molecule has 0 aliphatic carbocycles. The van der Waals surface area contributed by atoms with Crippen LogP contribution in [0.3, 0.4) is 0 Å². The molecule has 1 fully saturated rings. The maximum Gasteiger partial charge on any atom is 0.213 e. The third kappa shape index (κ3) is 3.83. The van der Waals surface area contributed by atoms with Crippen LogP contribution in [0.4, 0.5) is 14.6 Å². The second-order valence-corrected chi connectivity index (χ2v) is 10.4. The SMILES string of the molecule is CCS(=O)(=O)N1CCC(Nc2n[nH]c3c2nc(-c2c(F)cccc2F)c2ccccc23)CC1. The van der Waals surface area contributed by atoms with Crippen molar-refractivity contribution >= 4 is 37.6 Å². The van der Waals surface area contributed by atoms with E-state index in [1.807, 2.05) is 12.1 Å². The van der Waals surface area contributed by atoms with Gasteiger partial charge in [-0.25, -0.2) is 26.5 Å². The van der Waals surface area contributed by atoms with Crippen molar-refractivity contribution in [2.24, 2.45) is 0 Å². The summed E-state index contributed by atoms with van der Waals surface area (Å²) >= 11 is 0. The lowest BCUT2D eigenvalue weighted by Gasteiger charge is -2.31. The molecule has 172 valence electrons. The summed E-state index contributed by atoms with van der Waals surface area (Å²) in [7, 11) is -3.21. The molecule has 0 unspecified atom stereocenters. The van der Waals surface area contributed by atoms with Crippen LogP contribution < -0.4 is 5.32 Å². The van der Waals surface area contributed by atoms with Crippen molar-refractivity contribution in [1.29, 1.82) is 0 Å². The smallest absolute Gasteiger partial charge is 0.213 e. The summed E-state index contributed by atoms with van der Waals surface area (Å²) in [5.74, 6) is -0.809. The Hall–Kier alpha value is -3.11. The first-order chi connectivity index (χ1) is 15.9. The summed E-state index contributed by atoms with van der Waals surface area (Å²) in [5.41, 5.74) is 1.18. The monoisotopic (exact) mass is 471 g/mol. The molecule has 0 bridgehead atoms. The maximum atomic E-state index is 14.7. The number of piperidine rings is 1. The van der Waals surface area contributed by atoms with Crippen molar-refractivity contribution in [3.8, 4) is 11.3 Å². The van der Waals surface area contributed by atoms with E-state index >= 15 is 0 Å². The van der Waals surface area contributed by atoms with E-state index < -0.39 is 21.7 Å². The Labute approximate surface area is 189 Å². The van der Waals surface area contributed by atoms with E-state index in [0.29, 0.717) is 48.2 Å². The molecule has 7 nitrogen and oxygen atoms in total. The standard InChI is InChI=1S/C23H23F2N5O2S/c1-2-33(31,32)30-12-10-14(11-13-30)26-23-22-21(28-29-23)16-7-4-3-6-15(16)20(27-22)19-17(24)8-5-9-18(19)25/h3-9,14H,2,10-13H2,1H3,(H2,26,28,29). The highest BCUT2D eigenvalue weighted by molar-refractivity contribution is 7.89. The highest BCUT2D eigenvalue weighted by Crippen LogP contribution is 2.36. The van der Waals surface area contributed by atoms with Gasteiger partial charge in [-0.05, 0) is 31.9 Å². The highest BCUT2D eigenvalue weighted by atomic mass is 32.2. The van der Waals surface area contributed by atoms with Crippen molar-refractivity contribution in [1.82, 2.24) is 19.5 Å². The number of pyridine rings is 1. The Morgan fingerprint density at radius 1 is 1.06 bits per heavy atom. The number of fused-ring (bicyclic) bond motifs is 3. The fraction of sp³-hybridized carbons (Fsp3) is 0.304. The number of H-pyrrole nitrogens is 1. The summed E-state index contributed by atoms with van der Waals surface area (Å²) < 4.78 is 55.1. The molecule has 10 heteroatoms. The number of nitrogens with one attached hydrogen (secondary N) is 2. The number of sulfonamides is 1. The molecule has 1 aliphatic heterocycles. The van der Waals surface area contributed by atoms with Crippen molar-refractivity contribution in [2.75, 3.05) is 24.2 Å². The van der Waals surface area contributed by atoms with Gasteiger partial charge in [0.15, 0.2) is 5.82 Å². The predicted molar refractivity (Wildman–Crippen MR) is 124 cm³/mol. The summed E-state index contributed by atoms with van der Waals surface area (Å²) in [6.45, 7) is 2.50. The fourth-order valence-electron chi connectivity index (χ4n) is 4.38. The lowest BCUT2D eigenvalue weighted by atomic mass is 10.0. The largest absolute Gasteiger partial charge is 0.364 e. The Morgan fingerprint density at radius 2 is 1.73 bits per heavy atom. The Balaban J connectivity index is 1.54. The van der Waals surface area contributed by atoms with E-state index in [2.05, 4.69) is 20.5 Å². The van der Waals surface area contributed by atoms with Crippen LogP contribution in [-0.2, 0) is 10.0 Å². The van der Waals surface area contributed by atoms with Gasteiger partial charge in [-0.1, -0.05) is 30.3 Å². The minimum Gasteiger partial charge on any atom is -0.364 e. The summed E-state index contributed by atoms with van der Waals surface area (Å²) in [4.78, 5) is 4.65. The van der Waals surface area contributed by atoms with Crippen LogP contribution in [0.25, 0.3) is 33.1 Å². The van der Waals surface area contributed by atoms with Gasteiger partial charge in [0.1, 0.15) is 17.2 Å². The molecule has 0 atom stereocenters. The van der Waals surface area contributed by atoms with E-state index in [1.54, 1.807) is 19.1 Å². The topological polar surface area (TPSA) is 91.0 Å². The fourth-order valence-corrected chi connectivity index (χ4v) is 5.51. The number of rotatable bonds is 5. The molecule has 33 heavy (non-hydrogen) atoms. The van der Waals surface area contributed by atoms with E-state index in [1.165, 1.54) is 22.5 Å². The van der Waals surface area contributed by atoms with Crippen molar-refractivity contribution in [3.05, 3.63) is 54.1 Å². The quantitative estimate of drug-likeness (QED) is 0.453. The van der Waals surface area contributed by atoms with Crippen LogP contribution in [-0.4, -0.2) is 52.8 Å². The number of benzene rings is 2. The highest BCUT2D eigenvalue weighted by Gasteiger charge is 2.28. The molecule has 4 aromatic rings. The van der Waals surface area contributed by atoms with Gasteiger partial charge in [-0.2, -0.15) is 5.10 Å². The van der Waals surface area contributed by atoms with Gasteiger partial charge in [-0.3, -0.25) is 5.10 Å². The number of aromatic amines is 1. The zero-order valence-corrected chi connectivity index (χ0v) is 18.8. The second kappa shape index (κ2) is 8.35. The van der Waals surface area contributed by atoms with Crippen LogP contribution in [0.5, 0.6) is 0 Å².